The van der Waals surface area contributed by atoms with Crippen molar-refractivity contribution in [3.63, 3.8) is 0 Å². The van der Waals surface area contributed by atoms with Gasteiger partial charge in [0.25, 0.3) is 0 Å². The first-order valence-corrected chi connectivity index (χ1v) is 4.46. The van der Waals surface area contributed by atoms with Gasteiger partial charge in [-0.3, -0.25) is 0 Å². The normalized spacial score (nSPS) is 17.9. The van der Waals surface area contributed by atoms with E-state index in [2.05, 4.69) is 16.1 Å². The molecule has 0 amide bonds. The van der Waals surface area contributed by atoms with Gasteiger partial charge in [0.1, 0.15) is 12.7 Å². The van der Waals surface area contributed by atoms with Gasteiger partial charge in [0, 0.05) is 18.2 Å². The van der Waals surface area contributed by atoms with Gasteiger partial charge in [0.15, 0.2) is 0 Å². The third kappa shape index (κ3) is 5.06. The Balaban J connectivity index is 2.22. The van der Waals surface area contributed by atoms with E-state index in [4.69, 9.17) is 4.74 Å². The molecule has 6 heteroatoms. The van der Waals surface area contributed by atoms with Crippen LogP contribution in [0.25, 0.3) is 0 Å². The fourth-order valence-corrected chi connectivity index (χ4v) is 0.698. The van der Waals surface area contributed by atoms with Crippen molar-refractivity contribution in [3.05, 3.63) is 24.8 Å². The summed E-state index contributed by atoms with van der Waals surface area (Å²) in [5, 5.41) is 0. The second kappa shape index (κ2) is 5.82. The molecule has 0 N–H and O–H groups in total. The van der Waals surface area contributed by atoms with Gasteiger partial charge in [-0.1, -0.05) is 6.58 Å². The highest BCUT2D eigenvalue weighted by Crippen LogP contribution is 2.08. The predicted molar refractivity (Wildman–Crippen MR) is 51.1 cm³/mol. The molecule has 1 aliphatic heterocycles. The fraction of sp³-hybridized carbons (Fsp3) is 0.300. The molecule has 0 aromatic carbocycles. The molecule has 0 spiro atoms. The molecule has 1 heterocycles. The topological polar surface area (TPSA) is 82.2 Å². The Labute approximate surface area is 91.5 Å². The number of rotatable bonds is 5. The molecule has 1 atom stereocenters. The van der Waals surface area contributed by atoms with Crippen LogP contribution < -0.4 is 0 Å². The van der Waals surface area contributed by atoms with Gasteiger partial charge in [-0.25, -0.2) is 14.4 Å². The van der Waals surface area contributed by atoms with Gasteiger partial charge >= 0.3 is 17.9 Å². The first kappa shape index (κ1) is 12.1. The van der Waals surface area contributed by atoms with E-state index in [0.717, 1.165) is 18.2 Å². The lowest BCUT2D eigenvalue weighted by atomic mass is 10.5. The second-order valence-corrected chi connectivity index (χ2v) is 2.86. The maximum absolute atomic E-state index is 11.0. The van der Waals surface area contributed by atoms with Crippen LogP contribution in [0.15, 0.2) is 24.8 Å². The highest BCUT2D eigenvalue weighted by Gasteiger charge is 2.23. The first-order valence-electron chi connectivity index (χ1n) is 4.46. The smallest absolute Gasteiger partial charge is 0.338 e. The third-order valence-corrected chi connectivity index (χ3v) is 1.54. The number of carbonyl (C=O) groups excluding carboxylic acids is 3. The Hall–Kier alpha value is -1.95. The van der Waals surface area contributed by atoms with Crippen LogP contribution in [0.5, 0.6) is 0 Å². The molecule has 86 valence electrons. The largest absolute Gasteiger partial charge is 0.460 e. The number of hydrogen-bond donors (Lipinski definition) is 0. The predicted octanol–water partition coefficient (Wildman–Crippen LogP) is -0.260. The summed E-state index contributed by atoms with van der Waals surface area (Å²) in [6, 6.07) is 0. The maximum Gasteiger partial charge on any atom is 0.338 e. The van der Waals surface area contributed by atoms with Crippen LogP contribution in [-0.4, -0.2) is 37.2 Å². The Morgan fingerprint density at radius 3 is 2.44 bits per heavy atom. The summed E-state index contributed by atoms with van der Waals surface area (Å²) in [5.41, 5.74) is 0. The van der Waals surface area contributed by atoms with Crippen molar-refractivity contribution in [2.75, 3.05) is 13.2 Å². The summed E-state index contributed by atoms with van der Waals surface area (Å²) in [6.07, 6.45) is 2.49. The third-order valence-electron chi connectivity index (χ3n) is 1.54. The number of esters is 3. The summed E-state index contributed by atoms with van der Waals surface area (Å²) < 4.78 is 13.7. The van der Waals surface area contributed by atoms with E-state index in [9.17, 15) is 14.4 Å². The van der Waals surface area contributed by atoms with E-state index in [1.165, 1.54) is 0 Å². The average molecular weight is 226 g/mol. The first-order chi connectivity index (χ1) is 7.61. The number of hydrogen-bond acceptors (Lipinski definition) is 6. The monoisotopic (exact) mass is 226 g/mol. The number of ether oxygens (including phenoxy) is 3. The van der Waals surface area contributed by atoms with Gasteiger partial charge < -0.3 is 14.2 Å². The van der Waals surface area contributed by atoms with E-state index in [1.807, 2.05) is 0 Å². The quantitative estimate of drug-likeness (QED) is 0.278. The van der Waals surface area contributed by atoms with Crippen LogP contribution in [0.3, 0.4) is 0 Å². The SMILES string of the molecule is C=CC(=O)OC(=O)/C=C\C(=O)OCC1CO1. The van der Waals surface area contributed by atoms with Crippen molar-refractivity contribution in [2.24, 2.45) is 0 Å². The van der Waals surface area contributed by atoms with Crippen molar-refractivity contribution in [1.82, 2.24) is 0 Å². The highest BCUT2D eigenvalue weighted by atomic mass is 16.6. The Morgan fingerprint density at radius 2 is 1.88 bits per heavy atom. The highest BCUT2D eigenvalue weighted by molar-refractivity contribution is 5.98. The van der Waals surface area contributed by atoms with Crippen molar-refractivity contribution in [3.8, 4) is 0 Å². The molecular weight excluding hydrogens is 216 g/mol. The van der Waals surface area contributed by atoms with Crippen LogP contribution >= 0.6 is 0 Å². The fourth-order valence-electron chi connectivity index (χ4n) is 0.698. The number of epoxide rings is 1. The van der Waals surface area contributed by atoms with Crippen LogP contribution in [0, 0.1) is 0 Å². The van der Waals surface area contributed by atoms with Crippen molar-refractivity contribution >= 4 is 17.9 Å². The molecule has 0 aromatic rings. The van der Waals surface area contributed by atoms with Gasteiger partial charge in [-0.05, 0) is 0 Å². The zero-order valence-electron chi connectivity index (χ0n) is 8.38. The lowest BCUT2D eigenvalue weighted by Gasteiger charge is -1.97. The van der Waals surface area contributed by atoms with Crippen molar-refractivity contribution in [2.45, 2.75) is 6.10 Å². The standard InChI is InChI=1S/C10H10O6/c1-2-8(11)16-10(13)4-3-9(12)15-6-7-5-14-7/h2-4,7H,1,5-6H2/b4-3-. The molecule has 1 saturated heterocycles. The Bertz CT molecular complexity index is 339. The van der Waals surface area contributed by atoms with Gasteiger partial charge in [-0.15, -0.1) is 0 Å². The maximum atomic E-state index is 11.0. The summed E-state index contributed by atoms with van der Waals surface area (Å²) in [5.74, 6) is -2.53. The Morgan fingerprint density at radius 1 is 1.25 bits per heavy atom. The molecule has 0 aromatic heterocycles. The molecule has 16 heavy (non-hydrogen) atoms. The van der Waals surface area contributed by atoms with Crippen LogP contribution in [0.1, 0.15) is 0 Å². The van der Waals surface area contributed by atoms with E-state index in [1.54, 1.807) is 0 Å². The summed E-state index contributed by atoms with van der Waals surface area (Å²) in [4.78, 5) is 32.4. The molecule has 1 rings (SSSR count). The minimum absolute atomic E-state index is 0.0355. The van der Waals surface area contributed by atoms with E-state index in [-0.39, 0.29) is 12.7 Å². The zero-order chi connectivity index (χ0) is 12.0. The Kier molecular flexibility index (Phi) is 4.41. The average Bonchev–Trinajstić information content (AvgIpc) is 3.07. The second-order valence-electron chi connectivity index (χ2n) is 2.86. The van der Waals surface area contributed by atoms with Gasteiger partial charge in [0.2, 0.25) is 0 Å². The van der Waals surface area contributed by atoms with E-state index < -0.39 is 17.9 Å². The number of carbonyl (C=O) groups is 3. The molecule has 1 aliphatic rings. The lowest BCUT2D eigenvalue weighted by molar-refractivity contribution is -0.152. The summed E-state index contributed by atoms with van der Waals surface area (Å²) >= 11 is 0. The molecule has 1 unspecified atom stereocenters. The molecule has 0 radical (unpaired) electrons. The molecule has 1 fully saturated rings. The van der Waals surface area contributed by atoms with Gasteiger partial charge in [-0.2, -0.15) is 0 Å². The molecule has 0 aliphatic carbocycles. The minimum atomic E-state index is -0.954. The van der Waals surface area contributed by atoms with Crippen LogP contribution in [0.2, 0.25) is 0 Å². The van der Waals surface area contributed by atoms with Crippen LogP contribution in [-0.2, 0) is 28.6 Å². The summed E-state index contributed by atoms with van der Waals surface area (Å²) in [6.45, 7) is 3.84. The lowest BCUT2D eigenvalue weighted by Crippen LogP contribution is -2.10. The minimum Gasteiger partial charge on any atom is -0.460 e. The van der Waals surface area contributed by atoms with Crippen LogP contribution in [0.4, 0.5) is 0 Å². The van der Waals surface area contributed by atoms with Crippen molar-refractivity contribution in [1.29, 1.82) is 0 Å². The van der Waals surface area contributed by atoms with Crippen molar-refractivity contribution < 1.29 is 28.6 Å². The van der Waals surface area contributed by atoms with E-state index >= 15 is 0 Å². The zero-order valence-corrected chi connectivity index (χ0v) is 8.38. The van der Waals surface area contributed by atoms with E-state index in [0.29, 0.717) is 6.61 Å². The summed E-state index contributed by atoms with van der Waals surface area (Å²) in [7, 11) is 0. The molecule has 6 nitrogen and oxygen atoms in total. The molecule has 0 bridgehead atoms. The molecular formula is C10H10O6. The molecule has 0 saturated carbocycles. The van der Waals surface area contributed by atoms with Gasteiger partial charge in [0.05, 0.1) is 6.61 Å².